The minimum absolute atomic E-state index is 0.569. The van der Waals surface area contributed by atoms with E-state index in [2.05, 4.69) is 34.8 Å². The van der Waals surface area contributed by atoms with Crippen LogP contribution in [0.4, 0.5) is 0 Å². The summed E-state index contributed by atoms with van der Waals surface area (Å²) in [4.78, 5) is 4.67. The average molecular weight is 221 g/mol. The first-order valence-corrected chi connectivity index (χ1v) is 5.84. The number of fused-ring (bicyclic) bond motifs is 1. The molecule has 0 bridgehead atoms. The molecule has 0 amide bonds. The fourth-order valence-electron chi connectivity index (χ4n) is 2.04. The van der Waals surface area contributed by atoms with Gasteiger partial charge in [0.05, 0.1) is 11.0 Å². The van der Waals surface area contributed by atoms with Gasteiger partial charge in [-0.1, -0.05) is 6.07 Å². The molecule has 0 saturated heterocycles. The van der Waals surface area contributed by atoms with Crippen molar-refractivity contribution < 1.29 is 0 Å². The molecule has 1 aliphatic rings. The highest BCUT2D eigenvalue weighted by molar-refractivity contribution is 6.17. The Kier molecular flexibility index (Phi) is 1.99. The molecule has 1 aromatic heterocycles. The van der Waals surface area contributed by atoms with Crippen molar-refractivity contribution in [3.8, 4) is 0 Å². The van der Waals surface area contributed by atoms with Crippen LogP contribution in [0.3, 0.4) is 0 Å². The van der Waals surface area contributed by atoms with E-state index >= 15 is 0 Å². The van der Waals surface area contributed by atoms with Gasteiger partial charge >= 0.3 is 0 Å². The molecule has 3 heteroatoms. The SMILES string of the molecule is Cn1c(C2CC2)nc2ccc(CCl)cc21. The third kappa shape index (κ3) is 1.44. The Bertz CT molecular complexity index is 512. The van der Waals surface area contributed by atoms with Crippen LogP contribution in [0, 0.1) is 0 Å². The van der Waals surface area contributed by atoms with Crippen LogP contribution in [0.1, 0.15) is 30.1 Å². The summed E-state index contributed by atoms with van der Waals surface area (Å²) in [7, 11) is 2.10. The first kappa shape index (κ1) is 9.22. The molecule has 1 saturated carbocycles. The second kappa shape index (κ2) is 3.24. The fourth-order valence-corrected chi connectivity index (χ4v) is 2.21. The van der Waals surface area contributed by atoms with Gasteiger partial charge in [-0.05, 0) is 30.5 Å². The highest BCUT2D eigenvalue weighted by atomic mass is 35.5. The van der Waals surface area contributed by atoms with Crippen molar-refractivity contribution in [2.45, 2.75) is 24.6 Å². The van der Waals surface area contributed by atoms with Crippen LogP contribution in [-0.4, -0.2) is 9.55 Å². The van der Waals surface area contributed by atoms with E-state index in [-0.39, 0.29) is 0 Å². The lowest BCUT2D eigenvalue weighted by Crippen LogP contribution is -1.94. The maximum Gasteiger partial charge on any atom is 0.112 e. The molecule has 0 spiro atoms. The first-order valence-electron chi connectivity index (χ1n) is 5.31. The van der Waals surface area contributed by atoms with Gasteiger partial charge in [0.25, 0.3) is 0 Å². The fraction of sp³-hybridized carbons (Fsp3) is 0.417. The third-order valence-electron chi connectivity index (χ3n) is 3.08. The number of aromatic nitrogens is 2. The molecule has 0 unspecified atom stereocenters. The normalized spacial score (nSPS) is 16.1. The second-order valence-electron chi connectivity index (χ2n) is 4.26. The van der Waals surface area contributed by atoms with E-state index in [4.69, 9.17) is 11.6 Å². The number of hydrogen-bond acceptors (Lipinski definition) is 1. The molecule has 1 heterocycles. The molecule has 0 radical (unpaired) electrons. The molecule has 15 heavy (non-hydrogen) atoms. The van der Waals surface area contributed by atoms with E-state index in [0.717, 1.165) is 11.1 Å². The zero-order valence-corrected chi connectivity index (χ0v) is 9.46. The lowest BCUT2D eigenvalue weighted by Gasteiger charge is -2.00. The molecule has 3 rings (SSSR count). The summed E-state index contributed by atoms with van der Waals surface area (Å²) in [5.41, 5.74) is 3.46. The number of imidazole rings is 1. The van der Waals surface area contributed by atoms with Gasteiger partial charge < -0.3 is 4.57 Å². The Morgan fingerprint density at radius 2 is 2.27 bits per heavy atom. The summed E-state index contributed by atoms with van der Waals surface area (Å²) in [6.07, 6.45) is 2.58. The molecule has 78 valence electrons. The van der Waals surface area contributed by atoms with E-state index in [1.807, 2.05) is 0 Å². The van der Waals surface area contributed by atoms with Crippen molar-refractivity contribution in [3.05, 3.63) is 29.6 Å². The number of aryl methyl sites for hydroxylation is 1. The van der Waals surface area contributed by atoms with Crippen LogP contribution < -0.4 is 0 Å². The smallest absolute Gasteiger partial charge is 0.112 e. The van der Waals surface area contributed by atoms with Crippen molar-refractivity contribution >= 4 is 22.6 Å². The van der Waals surface area contributed by atoms with Gasteiger partial charge in [-0.25, -0.2) is 4.98 Å². The van der Waals surface area contributed by atoms with Gasteiger partial charge in [-0.3, -0.25) is 0 Å². The number of nitrogens with zero attached hydrogens (tertiary/aromatic N) is 2. The van der Waals surface area contributed by atoms with Crippen molar-refractivity contribution in [1.29, 1.82) is 0 Å². The molecule has 1 fully saturated rings. The molecular weight excluding hydrogens is 208 g/mol. The molecule has 1 aliphatic carbocycles. The zero-order chi connectivity index (χ0) is 10.4. The van der Waals surface area contributed by atoms with E-state index in [1.54, 1.807) is 0 Å². The summed E-state index contributed by atoms with van der Waals surface area (Å²) in [5, 5.41) is 0. The molecule has 2 nitrogen and oxygen atoms in total. The predicted molar refractivity (Wildman–Crippen MR) is 62.2 cm³/mol. The Labute approximate surface area is 93.9 Å². The maximum absolute atomic E-state index is 5.83. The second-order valence-corrected chi connectivity index (χ2v) is 4.53. The maximum atomic E-state index is 5.83. The minimum atomic E-state index is 0.569. The molecule has 0 aliphatic heterocycles. The third-order valence-corrected chi connectivity index (χ3v) is 3.39. The quantitative estimate of drug-likeness (QED) is 0.711. The number of benzene rings is 1. The number of halogens is 1. The van der Waals surface area contributed by atoms with E-state index < -0.39 is 0 Å². The Morgan fingerprint density at radius 3 is 2.93 bits per heavy atom. The van der Waals surface area contributed by atoms with Crippen molar-refractivity contribution in [3.63, 3.8) is 0 Å². The number of hydrogen-bond donors (Lipinski definition) is 0. The van der Waals surface area contributed by atoms with Crippen LogP contribution in [0.5, 0.6) is 0 Å². The highest BCUT2D eigenvalue weighted by Crippen LogP contribution is 2.40. The molecule has 1 aromatic carbocycles. The van der Waals surface area contributed by atoms with Gasteiger partial charge in [0.1, 0.15) is 5.82 Å². The lowest BCUT2D eigenvalue weighted by molar-refractivity contribution is 0.820. The van der Waals surface area contributed by atoms with Gasteiger partial charge in [-0.15, -0.1) is 11.6 Å². The average Bonchev–Trinajstić information content (AvgIpc) is 3.05. The van der Waals surface area contributed by atoms with E-state index in [1.165, 1.54) is 24.2 Å². The Morgan fingerprint density at radius 1 is 1.47 bits per heavy atom. The van der Waals surface area contributed by atoms with Gasteiger partial charge in [0, 0.05) is 18.8 Å². The monoisotopic (exact) mass is 220 g/mol. The van der Waals surface area contributed by atoms with Crippen LogP contribution in [0.25, 0.3) is 11.0 Å². The summed E-state index contributed by atoms with van der Waals surface area (Å²) in [5.74, 6) is 2.50. The van der Waals surface area contributed by atoms with Crippen molar-refractivity contribution in [2.75, 3.05) is 0 Å². The number of rotatable bonds is 2. The molecule has 0 atom stereocenters. The minimum Gasteiger partial charge on any atom is -0.331 e. The van der Waals surface area contributed by atoms with Crippen LogP contribution in [0.2, 0.25) is 0 Å². The predicted octanol–water partition coefficient (Wildman–Crippen LogP) is 3.19. The van der Waals surface area contributed by atoms with Crippen molar-refractivity contribution in [1.82, 2.24) is 9.55 Å². The Hall–Kier alpha value is -1.02. The highest BCUT2D eigenvalue weighted by Gasteiger charge is 2.28. The summed E-state index contributed by atoms with van der Waals surface area (Å²) >= 11 is 5.83. The standard InChI is InChI=1S/C12H13ClN2/c1-15-11-6-8(7-13)2-5-10(11)14-12(15)9-3-4-9/h2,5-6,9H,3-4,7H2,1H3. The van der Waals surface area contributed by atoms with E-state index in [0.29, 0.717) is 11.8 Å². The Balaban J connectivity index is 2.21. The zero-order valence-electron chi connectivity index (χ0n) is 8.70. The number of alkyl halides is 1. The topological polar surface area (TPSA) is 17.8 Å². The molecule has 2 aromatic rings. The molecular formula is C12H13ClN2. The summed E-state index contributed by atoms with van der Waals surface area (Å²) < 4.78 is 2.21. The molecule has 0 N–H and O–H groups in total. The van der Waals surface area contributed by atoms with Crippen LogP contribution in [-0.2, 0) is 12.9 Å². The van der Waals surface area contributed by atoms with Crippen LogP contribution >= 0.6 is 11.6 Å². The first-order chi connectivity index (χ1) is 7.29. The van der Waals surface area contributed by atoms with Gasteiger partial charge in [-0.2, -0.15) is 0 Å². The largest absolute Gasteiger partial charge is 0.331 e. The lowest BCUT2D eigenvalue weighted by atomic mass is 10.2. The van der Waals surface area contributed by atoms with Gasteiger partial charge in [0.15, 0.2) is 0 Å². The van der Waals surface area contributed by atoms with Crippen LogP contribution in [0.15, 0.2) is 18.2 Å². The summed E-state index contributed by atoms with van der Waals surface area (Å²) in [6.45, 7) is 0. The summed E-state index contributed by atoms with van der Waals surface area (Å²) in [6, 6.07) is 6.26. The van der Waals surface area contributed by atoms with E-state index in [9.17, 15) is 0 Å². The van der Waals surface area contributed by atoms with Crippen molar-refractivity contribution in [2.24, 2.45) is 7.05 Å². The van der Waals surface area contributed by atoms with Gasteiger partial charge in [0.2, 0.25) is 0 Å².